The van der Waals surface area contributed by atoms with Crippen LogP contribution in [-0.4, -0.2) is 34.2 Å². The van der Waals surface area contributed by atoms with E-state index in [0.29, 0.717) is 23.4 Å². The molecular formula is C24H25N5O. The Bertz CT molecular complexity index is 992. The van der Waals surface area contributed by atoms with Gasteiger partial charge in [0.05, 0.1) is 18.5 Å². The zero-order valence-electron chi connectivity index (χ0n) is 16.8. The number of terminal acetylenes is 1. The van der Waals surface area contributed by atoms with Crippen LogP contribution in [0.15, 0.2) is 55.0 Å². The molecule has 0 spiro atoms. The lowest BCUT2D eigenvalue weighted by Crippen LogP contribution is -2.22. The van der Waals surface area contributed by atoms with Crippen molar-refractivity contribution in [2.24, 2.45) is 0 Å². The first-order valence-corrected chi connectivity index (χ1v) is 10.3. The number of hydrogen-bond donors (Lipinski definition) is 2. The maximum absolute atomic E-state index is 5.86. The van der Waals surface area contributed by atoms with E-state index in [2.05, 4.69) is 43.6 Å². The van der Waals surface area contributed by atoms with Crippen molar-refractivity contribution in [3.05, 3.63) is 60.7 Å². The second-order valence-corrected chi connectivity index (χ2v) is 7.24. The monoisotopic (exact) mass is 399 g/mol. The maximum atomic E-state index is 5.86. The molecule has 1 aliphatic heterocycles. The molecule has 6 heteroatoms. The number of benzene rings is 1. The molecule has 0 aliphatic carbocycles. The van der Waals surface area contributed by atoms with Crippen molar-refractivity contribution < 1.29 is 4.74 Å². The number of anilines is 3. The smallest absolute Gasteiger partial charge is 0.150 e. The van der Waals surface area contributed by atoms with Crippen LogP contribution in [0.1, 0.15) is 31.4 Å². The topological polar surface area (TPSA) is 72.0 Å². The van der Waals surface area contributed by atoms with Gasteiger partial charge in [-0.15, -0.1) is 6.42 Å². The molecule has 1 saturated heterocycles. The van der Waals surface area contributed by atoms with E-state index in [1.54, 1.807) is 12.4 Å². The molecule has 2 aromatic heterocycles. The molecule has 152 valence electrons. The van der Waals surface area contributed by atoms with Crippen LogP contribution in [0.3, 0.4) is 0 Å². The van der Waals surface area contributed by atoms with Gasteiger partial charge in [0.1, 0.15) is 17.3 Å². The maximum Gasteiger partial charge on any atom is 0.150 e. The lowest BCUT2D eigenvalue weighted by Gasteiger charge is -2.23. The van der Waals surface area contributed by atoms with Gasteiger partial charge in [-0.05, 0) is 37.2 Å². The Morgan fingerprint density at radius 1 is 1.03 bits per heavy atom. The number of hydrogen-bond acceptors (Lipinski definition) is 6. The van der Waals surface area contributed by atoms with Gasteiger partial charge < -0.3 is 15.4 Å². The number of aromatic nitrogens is 3. The van der Waals surface area contributed by atoms with Crippen LogP contribution in [0.2, 0.25) is 0 Å². The first-order valence-electron chi connectivity index (χ1n) is 10.3. The van der Waals surface area contributed by atoms with E-state index in [0.717, 1.165) is 42.8 Å². The predicted octanol–water partition coefficient (Wildman–Crippen LogP) is 4.63. The van der Waals surface area contributed by atoms with Crippen molar-refractivity contribution in [1.29, 1.82) is 0 Å². The second-order valence-electron chi connectivity index (χ2n) is 7.24. The SMILES string of the molecule is C#Cc1cnc(Nc2cc(NCCC3CCCCO3)c(-c3ccccc3)cn2)cn1. The number of nitrogens with zero attached hydrogens (tertiary/aromatic N) is 3. The highest BCUT2D eigenvalue weighted by atomic mass is 16.5. The van der Waals surface area contributed by atoms with E-state index in [1.807, 2.05) is 30.5 Å². The molecular weight excluding hydrogens is 374 g/mol. The Labute approximate surface area is 177 Å². The minimum Gasteiger partial charge on any atom is -0.384 e. The molecule has 1 unspecified atom stereocenters. The van der Waals surface area contributed by atoms with Crippen LogP contribution < -0.4 is 10.6 Å². The van der Waals surface area contributed by atoms with Gasteiger partial charge >= 0.3 is 0 Å². The number of pyridine rings is 1. The van der Waals surface area contributed by atoms with Crippen LogP contribution in [0.4, 0.5) is 17.3 Å². The van der Waals surface area contributed by atoms with Crippen LogP contribution in [0.5, 0.6) is 0 Å². The molecule has 1 aliphatic rings. The lowest BCUT2D eigenvalue weighted by molar-refractivity contribution is 0.0134. The van der Waals surface area contributed by atoms with E-state index in [9.17, 15) is 0 Å². The van der Waals surface area contributed by atoms with Crippen LogP contribution >= 0.6 is 0 Å². The van der Waals surface area contributed by atoms with Gasteiger partial charge in [-0.25, -0.2) is 15.0 Å². The van der Waals surface area contributed by atoms with Crippen molar-refractivity contribution in [3.8, 4) is 23.5 Å². The summed E-state index contributed by atoms with van der Waals surface area (Å²) in [5.41, 5.74) is 3.69. The molecule has 30 heavy (non-hydrogen) atoms. The largest absolute Gasteiger partial charge is 0.384 e. The normalized spacial score (nSPS) is 15.9. The van der Waals surface area contributed by atoms with E-state index < -0.39 is 0 Å². The predicted molar refractivity (Wildman–Crippen MR) is 120 cm³/mol. The van der Waals surface area contributed by atoms with Gasteiger partial charge in [0.25, 0.3) is 0 Å². The molecule has 0 amide bonds. The summed E-state index contributed by atoms with van der Waals surface area (Å²) in [6, 6.07) is 12.3. The molecule has 0 saturated carbocycles. The highest BCUT2D eigenvalue weighted by molar-refractivity contribution is 5.79. The minimum atomic E-state index is 0.343. The average molecular weight is 399 g/mol. The van der Waals surface area contributed by atoms with Gasteiger partial charge in [-0.3, -0.25) is 0 Å². The fourth-order valence-electron chi connectivity index (χ4n) is 3.52. The fraction of sp³-hybridized carbons (Fsp3) is 0.292. The van der Waals surface area contributed by atoms with Crippen LogP contribution in [0.25, 0.3) is 11.1 Å². The van der Waals surface area contributed by atoms with Gasteiger partial charge in [0, 0.05) is 36.7 Å². The fourth-order valence-corrected chi connectivity index (χ4v) is 3.52. The third-order valence-corrected chi connectivity index (χ3v) is 5.10. The molecule has 4 rings (SSSR count). The Balaban J connectivity index is 1.52. The summed E-state index contributed by atoms with van der Waals surface area (Å²) in [6.45, 7) is 1.72. The van der Waals surface area contributed by atoms with Crippen molar-refractivity contribution in [1.82, 2.24) is 15.0 Å². The summed E-state index contributed by atoms with van der Waals surface area (Å²) in [7, 11) is 0. The van der Waals surface area contributed by atoms with Crippen LogP contribution in [0, 0.1) is 12.3 Å². The summed E-state index contributed by atoms with van der Waals surface area (Å²) >= 11 is 0. The zero-order valence-corrected chi connectivity index (χ0v) is 16.8. The van der Waals surface area contributed by atoms with Gasteiger partial charge in [0.15, 0.2) is 0 Å². The summed E-state index contributed by atoms with van der Waals surface area (Å²) in [4.78, 5) is 13.0. The Hall–Kier alpha value is -3.43. The van der Waals surface area contributed by atoms with Crippen LogP contribution in [-0.2, 0) is 4.74 Å². The third kappa shape index (κ3) is 5.13. The number of nitrogens with one attached hydrogen (secondary N) is 2. The summed E-state index contributed by atoms with van der Waals surface area (Å²) in [5, 5.41) is 6.78. The van der Waals surface area contributed by atoms with Crippen molar-refractivity contribution in [2.75, 3.05) is 23.8 Å². The van der Waals surface area contributed by atoms with Gasteiger partial charge in [0.2, 0.25) is 0 Å². The van der Waals surface area contributed by atoms with E-state index >= 15 is 0 Å². The third-order valence-electron chi connectivity index (χ3n) is 5.10. The summed E-state index contributed by atoms with van der Waals surface area (Å²) in [5.74, 6) is 3.75. The summed E-state index contributed by atoms with van der Waals surface area (Å²) < 4.78 is 5.86. The second kappa shape index (κ2) is 9.86. The lowest BCUT2D eigenvalue weighted by atomic mass is 10.0. The molecule has 3 heterocycles. The van der Waals surface area contributed by atoms with E-state index in [1.165, 1.54) is 12.8 Å². The Morgan fingerprint density at radius 3 is 2.63 bits per heavy atom. The average Bonchev–Trinajstić information content (AvgIpc) is 2.81. The van der Waals surface area contributed by atoms with Crippen molar-refractivity contribution in [3.63, 3.8) is 0 Å². The van der Waals surface area contributed by atoms with Crippen molar-refractivity contribution in [2.45, 2.75) is 31.8 Å². The Kier molecular flexibility index (Phi) is 6.53. The molecule has 0 bridgehead atoms. The summed E-state index contributed by atoms with van der Waals surface area (Å²) in [6.07, 6.45) is 15.3. The van der Waals surface area contributed by atoms with Crippen molar-refractivity contribution >= 4 is 17.3 Å². The van der Waals surface area contributed by atoms with Gasteiger partial charge in [-0.1, -0.05) is 30.3 Å². The zero-order chi connectivity index (χ0) is 20.6. The molecule has 2 N–H and O–H groups in total. The van der Waals surface area contributed by atoms with E-state index in [-0.39, 0.29) is 0 Å². The standard InChI is InChI=1S/C24H25N5O/c1-2-19-15-27-24(17-26-19)29-23-14-22(25-12-11-20-10-6-7-13-30-20)21(16-28-23)18-8-4-3-5-9-18/h1,3-5,8-9,14-17,20H,6-7,10-13H2,(H2,25,27,28,29). The molecule has 1 aromatic carbocycles. The molecule has 3 aromatic rings. The molecule has 0 radical (unpaired) electrons. The molecule has 1 fully saturated rings. The first kappa shape index (κ1) is 19.9. The minimum absolute atomic E-state index is 0.343. The van der Waals surface area contributed by atoms with E-state index in [4.69, 9.17) is 11.2 Å². The number of rotatable bonds is 7. The highest BCUT2D eigenvalue weighted by Gasteiger charge is 2.14. The molecule has 6 nitrogen and oxygen atoms in total. The number of ether oxygens (including phenoxy) is 1. The quantitative estimate of drug-likeness (QED) is 0.564. The molecule has 1 atom stereocenters. The Morgan fingerprint density at radius 2 is 1.90 bits per heavy atom. The first-order chi connectivity index (χ1) is 14.8. The van der Waals surface area contributed by atoms with Gasteiger partial charge in [-0.2, -0.15) is 0 Å². The highest BCUT2D eigenvalue weighted by Crippen LogP contribution is 2.30.